The molecule has 0 aliphatic rings. The molecule has 2 rings (SSSR count). The first-order valence-electron chi connectivity index (χ1n) is 4.37. The monoisotopic (exact) mass is 199 g/mol. The molecule has 0 aromatic carbocycles. The van der Waals surface area contributed by atoms with Gasteiger partial charge in [-0.3, -0.25) is 4.57 Å². The highest BCUT2D eigenvalue weighted by Crippen LogP contribution is 2.13. The van der Waals surface area contributed by atoms with E-state index in [-0.39, 0.29) is 0 Å². The number of imidazole rings is 1. The summed E-state index contributed by atoms with van der Waals surface area (Å²) in [5.41, 5.74) is 7.34. The largest absolute Gasteiger partial charge is 0.397 e. The van der Waals surface area contributed by atoms with E-state index in [1.807, 2.05) is 6.92 Å². The van der Waals surface area contributed by atoms with Gasteiger partial charge >= 0.3 is 0 Å². The lowest BCUT2D eigenvalue weighted by atomic mass is 10.2. The molecular weight excluding hydrogens is 190 g/mol. The predicted molar refractivity (Wildman–Crippen MR) is 55.2 cm³/mol. The summed E-state index contributed by atoms with van der Waals surface area (Å²) in [5, 5.41) is 8.93. The fourth-order valence-corrected chi connectivity index (χ4v) is 1.30. The topological polar surface area (TPSA) is 80.5 Å². The van der Waals surface area contributed by atoms with Crippen LogP contribution in [0, 0.1) is 18.3 Å². The number of hydrogen-bond donors (Lipinski definition) is 1. The van der Waals surface area contributed by atoms with Crippen molar-refractivity contribution in [2.24, 2.45) is 0 Å². The van der Waals surface area contributed by atoms with Crippen LogP contribution in [0.3, 0.4) is 0 Å². The van der Waals surface area contributed by atoms with Gasteiger partial charge in [0.2, 0.25) is 0 Å². The number of hydrogen-bond acceptors (Lipinski definition) is 4. The summed E-state index contributed by atoms with van der Waals surface area (Å²) in [6, 6.07) is 3.65. The van der Waals surface area contributed by atoms with Gasteiger partial charge in [-0.2, -0.15) is 5.26 Å². The zero-order chi connectivity index (χ0) is 10.8. The SMILES string of the molecule is Cc1cn(-c2ncc(N)cc2C#N)cn1. The summed E-state index contributed by atoms with van der Waals surface area (Å²) in [6.07, 6.45) is 4.94. The maximum Gasteiger partial charge on any atom is 0.155 e. The van der Waals surface area contributed by atoms with E-state index in [2.05, 4.69) is 16.0 Å². The zero-order valence-electron chi connectivity index (χ0n) is 8.18. The summed E-state index contributed by atoms with van der Waals surface area (Å²) < 4.78 is 1.70. The van der Waals surface area contributed by atoms with Crippen LogP contribution >= 0.6 is 0 Å². The van der Waals surface area contributed by atoms with Crippen molar-refractivity contribution in [1.82, 2.24) is 14.5 Å². The molecule has 0 saturated carbocycles. The number of aromatic nitrogens is 3. The molecule has 0 aliphatic carbocycles. The van der Waals surface area contributed by atoms with Crippen LogP contribution in [0.1, 0.15) is 11.3 Å². The number of anilines is 1. The second kappa shape index (κ2) is 3.42. The molecule has 2 N–H and O–H groups in total. The van der Waals surface area contributed by atoms with Gasteiger partial charge in [-0.1, -0.05) is 0 Å². The molecule has 2 heterocycles. The fraction of sp³-hybridized carbons (Fsp3) is 0.100. The molecule has 15 heavy (non-hydrogen) atoms. The minimum absolute atomic E-state index is 0.437. The van der Waals surface area contributed by atoms with E-state index in [0.29, 0.717) is 17.1 Å². The van der Waals surface area contributed by atoms with Crippen molar-refractivity contribution in [2.75, 3.05) is 5.73 Å². The maximum atomic E-state index is 8.93. The summed E-state index contributed by atoms with van der Waals surface area (Å²) in [5.74, 6) is 0.548. The van der Waals surface area contributed by atoms with Gasteiger partial charge < -0.3 is 5.73 Å². The summed E-state index contributed by atoms with van der Waals surface area (Å²) in [7, 11) is 0. The number of aryl methyl sites for hydroxylation is 1. The predicted octanol–water partition coefficient (Wildman–Crippen LogP) is 1.03. The second-order valence-electron chi connectivity index (χ2n) is 3.17. The number of nitrogens with zero attached hydrogens (tertiary/aromatic N) is 4. The Bertz CT molecular complexity index is 535. The van der Waals surface area contributed by atoms with E-state index in [0.717, 1.165) is 5.69 Å². The molecule has 5 heteroatoms. The van der Waals surface area contributed by atoms with Crippen molar-refractivity contribution in [3.05, 3.63) is 36.0 Å². The zero-order valence-corrected chi connectivity index (χ0v) is 8.18. The lowest BCUT2D eigenvalue weighted by Crippen LogP contribution is -2.00. The van der Waals surface area contributed by atoms with Crippen LogP contribution < -0.4 is 5.73 Å². The lowest BCUT2D eigenvalue weighted by Gasteiger charge is -2.03. The fourth-order valence-electron chi connectivity index (χ4n) is 1.30. The van der Waals surface area contributed by atoms with Gasteiger partial charge in [-0.25, -0.2) is 9.97 Å². The summed E-state index contributed by atoms with van der Waals surface area (Å²) in [4.78, 5) is 8.18. The Morgan fingerprint density at radius 2 is 2.27 bits per heavy atom. The third-order valence-corrected chi connectivity index (χ3v) is 1.96. The standard InChI is InChI=1S/C10H9N5/c1-7-5-15(6-14-7)10-8(3-11)2-9(12)4-13-10/h2,4-6H,12H2,1H3. The van der Waals surface area contributed by atoms with Crippen LogP contribution in [0.5, 0.6) is 0 Å². The third-order valence-electron chi connectivity index (χ3n) is 1.96. The van der Waals surface area contributed by atoms with Gasteiger partial charge in [-0.15, -0.1) is 0 Å². The molecule has 0 aliphatic heterocycles. The van der Waals surface area contributed by atoms with Crippen LogP contribution in [0.25, 0.3) is 5.82 Å². The second-order valence-corrected chi connectivity index (χ2v) is 3.17. The van der Waals surface area contributed by atoms with Crippen molar-refractivity contribution < 1.29 is 0 Å². The highest BCUT2D eigenvalue weighted by molar-refractivity contribution is 5.51. The number of nitrogen functional groups attached to an aromatic ring is 1. The molecule has 0 radical (unpaired) electrons. The van der Waals surface area contributed by atoms with Crippen molar-refractivity contribution in [1.29, 1.82) is 5.26 Å². The minimum Gasteiger partial charge on any atom is -0.397 e. The average molecular weight is 199 g/mol. The van der Waals surface area contributed by atoms with Crippen LogP contribution in [-0.4, -0.2) is 14.5 Å². The first-order chi connectivity index (χ1) is 7.20. The Kier molecular flexibility index (Phi) is 2.10. The quantitative estimate of drug-likeness (QED) is 0.743. The average Bonchev–Trinajstić information content (AvgIpc) is 2.64. The Balaban J connectivity index is 2.58. The van der Waals surface area contributed by atoms with Crippen molar-refractivity contribution in [3.63, 3.8) is 0 Å². The molecule has 0 atom stereocenters. The van der Waals surface area contributed by atoms with E-state index < -0.39 is 0 Å². The van der Waals surface area contributed by atoms with Gasteiger partial charge in [-0.05, 0) is 13.0 Å². The molecule has 0 spiro atoms. The Morgan fingerprint density at radius 3 is 2.87 bits per heavy atom. The van der Waals surface area contributed by atoms with Crippen molar-refractivity contribution in [2.45, 2.75) is 6.92 Å². The van der Waals surface area contributed by atoms with E-state index in [4.69, 9.17) is 11.0 Å². The molecule has 2 aromatic rings. The number of pyridine rings is 1. The Labute approximate surface area is 86.8 Å². The van der Waals surface area contributed by atoms with Crippen LogP contribution in [0.15, 0.2) is 24.8 Å². The van der Waals surface area contributed by atoms with Crippen LogP contribution in [0.4, 0.5) is 5.69 Å². The third kappa shape index (κ3) is 1.65. The van der Waals surface area contributed by atoms with E-state index in [9.17, 15) is 0 Å². The van der Waals surface area contributed by atoms with Crippen LogP contribution in [-0.2, 0) is 0 Å². The number of nitrogens with two attached hydrogens (primary N) is 1. The maximum absolute atomic E-state index is 8.93. The molecule has 0 amide bonds. The smallest absolute Gasteiger partial charge is 0.155 e. The normalized spacial score (nSPS) is 9.87. The highest BCUT2D eigenvalue weighted by Gasteiger charge is 2.06. The van der Waals surface area contributed by atoms with E-state index in [1.165, 1.54) is 6.20 Å². The van der Waals surface area contributed by atoms with Crippen molar-refractivity contribution in [3.8, 4) is 11.9 Å². The molecule has 5 nitrogen and oxygen atoms in total. The van der Waals surface area contributed by atoms with E-state index in [1.54, 1.807) is 23.2 Å². The number of nitriles is 1. The molecular formula is C10H9N5. The Morgan fingerprint density at radius 1 is 1.47 bits per heavy atom. The van der Waals surface area contributed by atoms with Gasteiger partial charge in [0.05, 0.1) is 23.1 Å². The van der Waals surface area contributed by atoms with Crippen molar-refractivity contribution >= 4 is 5.69 Å². The molecule has 0 fully saturated rings. The van der Waals surface area contributed by atoms with E-state index >= 15 is 0 Å². The molecule has 0 bridgehead atoms. The molecule has 74 valence electrons. The van der Waals surface area contributed by atoms with Gasteiger partial charge in [0.1, 0.15) is 12.4 Å². The molecule has 0 unspecified atom stereocenters. The highest BCUT2D eigenvalue weighted by atomic mass is 15.1. The first kappa shape index (κ1) is 9.21. The molecule has 0 saturated heterocycles. The number of rotatable bonds is 1. The van der Waals surface area contributed by atoms with Crippen LogP contribution in [0.2, 0.25) is 0 Å². The summed E-state index contributed by atoms with van der Waals surface area (Å²) in [6.45, 7) is 1.87. The first-order valence-corrected chi connectivity index (χ1v) is 4.37. The Hall–Kier alpha value is -2.35. The molecule has 2 aromatic heterocycles. The summed E-state index contributed by atoms with van der Waals surface area (Å²) >= 11 is 0. The lowest BCUT2D eigenvalue weighted by molar-refractivity contribution is 0.987. The van der Waals surface area contributed by atoms with Gasteiger partial charge in [0.25, 0.3) is 0 Å². The van der Waals surface area contributed by atoms with Gasteiger partial charge in [0, 0.05) is 6.20 Å². The minimum atomic E-state index is 0.437. The van der Waals surface area contributed by atoms with Gasteiger partial charge in [0.15, 0.2) is 5.82 Å².